The number of phenols is 1. The first-order chi connectivity index (χ1) is 14.5. The Morgan fingerprint density at radius 2 is 1.10 bits per heavy atom. The molecule has 0 atom stereocenters. The molecule has 6 N–H and O–H groups in total. The van der Waals surface area contributed by atoms with Crippen LogP contribution in [0.15, 0.2) is 72.8 Å². The van der Waals surface area contributed by atoms with Crippen molar-refractivity contribution in [3.8, 4) is 5.75 Å². The predicted octanol–water partition coefficient (Wildman–Crippen LogP) is 3.67. The highest BCUT2D eigenvalue weighted by atomic mass is 16.3. The van der Waals surface area contributed by atoms with E-state index in [1.165, 1.54) is 0 Å². The molecule has 4 aromatic rings. The van der Waals surface area contributed by atoms with Crippen LogP contribution in [0, 0.1) is 0 Å². The highest BCUT2D eigenvalue weighted by Gasteiger charge is 2.09. The molecule has 0 bridgehead atoms. The van der Waals surface area contributed by atoms with Crippen molar-refractivity contribution < 1.29 is 5.11 Å². The largest absolute Gasteiger partial charge is 0.508 e. The number of phenolic OH excluding ortho intramolecular Hbond substituents is 1. The van der Waals surface area contributed by atoms with E-state index in [1.807, 2.05) is 48.5 Å². The third-order valence-electron chi connectivity index (χ3n) is 4.54. The molecule has 0 saturated carbocycles. The molecule has 0 spiro atoms. The molecule has 1 aromatic heterocycles. The van der Waals surface area contributed by atoms with E-state index in [2.05, 4.69) is 20.3 Å². The molecular weight excluding hydrogens is 376 g/mol. The van der Waals surface area contributed by atoms with Crippen molar-refractivity contribution in [2.24, 2.45) is 0 Å². The Kier molecular flexibility index (Phi) is 5.43. The Labute approximate surface area is 174 Å². The number of hydrogen-bond acceptors (Lipinski definition) is 7. The van der Waals surface area contributed by atoms with Crippen molar-refractivity contribution in [1.29, 1.82) is 0 Å². The van der Waals surface area contributed by atoms with Gasteiger partial charge in [-0.1, -0.05) is 24.3 Å². The fraction of sp³-hybridized carbons (Fsp3) is 0.0870. The van der Waals surface area contributed by atoms with Crippen LogP contribution in [0.5, 0.6) is 5.75 Å². The van der Waals surface area contributed by atoms with E-state index < -0.39 is 0 Å². The molecule has 0 radical (unpaired) electrons. The Hall–Kier alpha value is -4.13. The molecule has 7 nitrogen and oxygen atoms in total. The monoisotopic (exact) mass is 398 g/mol. The lowest BCUT2D eigenvalue weighted by atomic mass is 10.1. The van der Waals surface area contributed by atoms with E-state index in [0.29, 0.717) is 41.8 Å². The molecule has 4 rings (SSSR count). The lowest BCUT2D eigenvalue weighted by Gasteiger charge is -2.10. The summed E-state index contributed by atoms with van der Waals surface area (Å²) in [5, 5.41) is 12.7. The van der Waals surface area contributed by atoms with Crippen LogP contribution in [0.4, 0.5) is 23.0 Å². The summed E-state index contributed by atoms with van der Waals surface area (Å²) in [5.41, 5.74) is 15.9. The summed E-state index contributed by atoms with van der Waals surface area (Å²) < 4.78 is 0. The number of nitrogen functional groups attached to an aromatic ring is 2. The van der Waals surface area contributed by atoms with Crippen LogP contribution in [0.3, 0.4) is 0 Å². The maximum absolute atomic E-state index is 9.49. The van der Waals surface area contributed by atoms with Crippen LogP contribution < -0.4 is 16.8 Å². The molecular formula is C23H22N6O. The van der Waals surface area contributed by atoms with Crippen molar-refractivity contribution in [3.63, 3.8) is 0 Å². The summed E-state index contributed by atoms with van der Waals surface area (Å²) in [6, 6.07) is 22.0. The zero-order valence-electron chi connectivity index (χ0n) is 16.3. The third-order valence-corrected chi connectivity index (χ3v) is 4.54. The molecule has 30 heavy (non-hydrogen) atoms. The molecule has 7 heteroatoms. The predicted molar refractivity (Wildman–Crippen MR) is 119 cm³/mol. The molecule has 0 amide bonds. The number of nitrogens with one attached hydrogen (secondary N) is 1. The summed E-state index contributed by atoms with van der Waals surface area (Å²) in [6.45, 7) is 0. The molecule has 1 heterocycles. The zero-order chi connectivity index (χ0) is 20.9. The van der Waals surface area contributed by atoms with Crippen LogP contribution in [-0.2, 0) is 12.8 Å². The maximum Gasteiger partial charge on any atom is 0.230 e. The minimum Gasteiger partial charge on any atom is -0.508 e. The van der Waals surface area contributed by atoms with E-state index in [-0.39, 0.29) is 5.75 Å². The van der Waals surface area contributed by atoms with Gasteiger partial charge in [-0.2, -0.15) is 9.97 Å². The topological polar surface area (TPSA) is 123 Å². The highest BCUT2D eigenvalue weighted by molar-refractivity contribution is 5.54. The van der Waals surface area contributed by atoms with Crippen LogP contribution in [0.1, 0.15) is 22.8 Å². The average Bonchev–Trinajstić information content (AvgIpc) is 2.73. The number of aromatic nitrogens is 3. The summed E-state index contributed by atoms with van der Waals surface area (Å²) in [4.78, 5) is 13.8. The van der Waals surface area contributed by atoms with Crippen LogP contribution in [0.2, 0.25) is 0 Å². The molecule has 0 aliphatic rings. The second-order valence-electron chi connectivity index (χ2n) is 7.00. The van der Waals surface area contributed by atoms with E-state index in [0.717, 1.165) is 16.8 Å². The Morgan fingerprint density at radius 1 is 0.633 bits per heavy atom. The van der Waals surface area contributed by atoms with E-state index in [4.69, 9.17) is 11.5 Å². The first-order valence-corrected chi connectivity index (χ1v) is 9.52. The smallest absolute Gasteiger partial charge is 0.230 e. The van der Waals surface area contributed by atoms with Gasteiger partial charge in [0.05, 0.1) is 0 Å². The minimum absolute atomic E-state index is 0.198. The number of nitrogens with zero attached hydrogens (tertiary/aromatic N) is 3. The maximum atomic E-state index is 9.49. The molecule has 3 aromatic carbocycles. The van der Waals surface area contributed by atoms with Gasteiger partial charge in [0.25, 0.3) is 0 Å². The van der Waals surface area contributed by atoms with Gasteiger partial charge in [0.2, 0.25) is 5.95 Å². The SMILES string of the molecule is Nc1ccc(Cc2nc(Cc3ccc(N)cc3)nc(Nc3ccc(O)cc3)n2)cc1. The Bertz CT molecular complexity index is 967. The van der Waals surface area contributed by atoms with Gasteiger partial charge in [-0.25, -0.2) is 4.98 Å². The van der Waals surface area contributed by atoms with E-state index in [1.54, 1.807) is 24.3 Å². The fourth-order valence-electron chi connectivity index (χ4n) is 2.99. The van der Waals surface area contributed by atoms with Gasteiger partial charge < -0.3 is 21.9 Å². The number of hydrogen-bond donors (Lipinski definition) is 4. The normalized spacial score (nSPS) is 10.7. The number of benzene rings is 3. The molecule has 0 saturated heterocycles. The summed E-state index contributed by atoms with van der Waals surface area (Å²) in [5.74, 6) is 1.96. The minimum atomic E-state index is 0.198. The van der Waals surface area contributed by atoms with Gasteiger partial charge in [-0.15, -0.1) is 0 Å². The first-order valence-electron chi connectivity index (χ1n) is 9.52. The molecule has 0 aliphatic carbocycles. The molecule has 150 valence electrons. The second kappa shape index (κ2) is 8.48. The van der Waals surface area contributed by atoms with Crippen molar-refractivity contribution in [2.45, 2.75) is 12.8 Å². The van der Waals surface area contributed by atoms with E-state index >= 15 is 0 Å². The van der Waals surface area contributed by atoms with E-state index in [9.17, 15) is 5.11 Å². The Morgan fingerprint density at radius 3 is 1.57 bits per heavy atom. The second-order valence-corrected chi connectivity index (χ2v) is 7.00. The van der Waals surface area contributed by atoms with Gasteiger partial charge in [-0.05, 0) is 59.7 Å². The quantitative estimate of drug-likeness (QED) is 0.289. The fourth-order valence-corrected chi connectivity index (χ4v) is 2.99. The van der Waals surface area contributed by atoms with Crippen molar-refractivity contribution >= 4 is 23.0 Å². The highest BCUT2D eigenvalue weighted by Crippen LogP contribution is 2.19. The Balaban J connectivity index is 1.64. The van der Waals surface area contributed by atoms with Crippen molar-refractivity contribution in [2.75, 3.05) is 16.8 Å². The average molecular weight is 398 g/mol. The first kappa shape index (κ1) is 19.2. The zero-order valence-corrected chi connectivity index (χ0v) is 16.3. The number of aromatic hydroxyl groups is 1. The number of nitrogens with two attached hydrogens (primary N) is 2. The summed E-state index contributed by atoms with van der Waals surface area (Å²) in [6.07, 6.45) is 1.11. The molecule has 0 unspecified atom stereocenters. The van der Waals surface area contributed by atoms with Gasteiger partial charge in [0.1, 0.15) is 17.4 Å². The van der Waals surface area contributed by atoms with Gasteiger partial charge in [0.15, 0.2) is 0 Å². The number of rotatable bonds is 6. The van der Waals surface area contributed by atoms with Gasteiger partial charge in [0, 0.05) is 29.9 Å². The summed E-state index contributed by atoms with van der Waals surface area (Å²) >= 11 is 0. The molecule has 0 fully saturated rings. The van der Waals surface area contributed by atoms with Crippen molar-refractivity contribution in [1.82, 2.24) is 15.0 Å². The third kappa shape index (κ3) is 5.02. The van der Waals surface area contributed by atoms with Gasteiger partial charge >= 0.3 is 0 Å². The number of anilines is 4. The summed E-state index contributed by atoms with van der Waals surface area (Å²) in [7, 11) is 0. The molecule has 0 aliphatic heterocycles. The lowest BCUT2D eigenvalue weighted by Crippen LogP contribution is -2.09. The van der Waals surface area contributed by atoms with Crippen LogP contribution in [0.25, 0.3) is 0 Å². The van der Waals surface area contributed by atoms with Crippen LogP contribution in [-0.4, -0.2) is 20.1 Å². The van der Waals surface area contributed by atoms with Gasteiger partial charge in [-0.3, -0.25) is 0 Å². The van der Waals surface area contributed by atoms with Crippen LogP contribution >= 0.6 is 0 Å². The lowest BCUT2D eigenvalue weighted by molar-refractivity contribution is 0.475. The van der Waals surface area contributed by atoms with Crippen molar-refractivity contribution in [3.05, 3.63) is 95.6 Å². The standard InChI is InChI=1S/C23H22N6O/c24-17-5-1-15(2-6-17)13-21-27-22(14-16-3-7-18(25)8-4-16)29-23(28-21)26-19-9-11-20(30)12-10-19/h1-12,30H,13-14,24-25H2,(H,26,27,28,29).